The number of nitrogens with zero attached hydrogens (tertiary/aromatic N) is 6. The molecule has 0 aliphatic carbocycles. The number of ether oxygens (including phenoxy) is 1. The van der Waals surface area contributed by atoms with E-state index in [9.17, 15) is 0 Å². The fourth-order valence-electron chi connectivity index (χ4n) is 1.88. The largest absolute Gasteiger partial charge is 0.378 e. The molecule has 0 saturated carbocycles. The molecule has 8 nitrogen and oxygen atoms in total. The molecule has 0 atom stereocenters. The van der Waals surface area contributed by atoms with Crippen molar-refractivity contribution in [1.29, 1.82) is 0 Å². The first-order valence-corrected chi connectivity index (χ1v) is 7.02. The van der Waals surface area contributed by atoms with E-state index in [-0.39, 0.29) is 0 Å². The number of aromatic nitrogens is 5. The Kier molecular flexibility index (Phi) is 3.79. The van der Waals surface area contributed by atoms with Crippen LogP contribution in [0.4, 0.5) is 11.9 Å². The van der Waals surface area contributed by atoms with Crippen molar-refractivity contribution in [2.75, 3.05) is 43.6 Å². The normalized spacial score (nSPS) is 15.4. The first-order valence-electron chi connectivity index (χ1n) is 6.23. The van der Waals surface area contributed by atoms with Crippen LogP contribution in [0.2, 0.25) is 0 Å². The van der Waals surface area contributed by atoms with Crippen molar-refractivity contribution in [2.45, 2.75) is 0 Å². The van der Waals surface area contributed by atoms with E-state index in [2.05, 4.69) is 46.2 Å². The molecule has 0 spiro atoms. The van der Waals surface area contributed by atoms with Crippen LogP contribution in [0.5, 0.6) is 0 Å². The molecule has 3 rings (SSSR count). The summed E-state index contributed by atoms with van der Waals surface area (Å²) in [6.07, 6.45) is 3.50. The average Bonchev–Trinajstić information content (AvgIpc) is 2.94. The van der Waals surface area contributed by atoms with Gasteiger partial charge in [0.25, 0.3) is 5.95 Å². The summed E-state index contributed by atoms with van der Waals surface area (Å²) in [4.78, 5) is 15.3. The van der Waals surface area contributed by atoms with E-state index in [1.807, 2.05) is 0 Å². The van der Waals surface area contributed by atoms with Gasteiger partial charge in [-0.05, 0) is 15.9 Å². The van der Waals surface area contributed by atoms with Crippen LogP contribution in [0.25, 0.3) is 5.95 Å². The third kappa shape index (κ3) is 2.73. The number of hydrogen-bond donors (Lipinski definition) is 1. The Bertz CT molecular complexity index is 596. The highest BCUT2D eigenvalue weighted by Crippen LogP contribution is 2.15. The summed E-state index contributed by atoms with van der Waals surface area (Å²) in [7, 11) is 1.78. The van der Waals surface area contributed by atoms with E-state index in [0.717, 1.165) is 17.6 Å². The molecular weight excluding hydrogens is 326 g/mol. The van der Waals surface area contributed by atoms with Gasteiger partial charge in [-0.25, -0.2) is 4.68 Å². The minimum Gasteiger partial charge on any atom is -0.378 e. The zero-order chi connectivity index (χ0) is 13.9. The van der Waals surface area contributed by atoms with E-state index in [1.54, 1.807) is 24.1 Å². The van der Waals surface area contributed by atoms with Gasteiger partial charge in [0.15, 0.2) is 0 Å². The lowest BCUT2D eigenvalue weighted by molar-refractivity contribution is 0.122. The van der Waals surface area contributed by atoms with Crippen LogP contribution >= 0.6 is 15.9 Å². The van der Waals surface area contributed by atoms with Crippen molar-refractivity contribution in [2.24, 2.45) is 0 Å². The van der Waals surface area contributed by atoms with Gasteiger partial charge in [-0.1, -0.05) is 0 Å². The van der Waals surface area contributed by atoms with Crippen molar-refractivity contribution in [3.05, 3.63) is 16.9 Å². The van der Waals surface area contributed by atoms with Gasteiger partial charge >= 0.3 is 0 Å². The number of morpholine rings is 1. The lowest BCUT2D eigenvalue weighted by atomic mass is 10.4. The van der Waals surface area contributed by atoms with E-state index >= 15 is 0 Å². The van der Waals surface area contributed by atoms with Gasteiger partial charge in [0, 0.05) is 26.3 Å². The fraction of sp³-hybridized carbons (Fsp3) is 0.455. The Morgan fingerprint density at radius 3 is 2.60 bits per heavy atom. The summed E-state index contributed by atoms with van der Waals surface area (Å²) in [6.45, 7) is 2.91. The molecule has 0 aromatic carbocycles. The van der Waals surface area contributed by atoms with Crippen LogP contribution in [0.1, 0.15) is 0 Å². The molecule has 2 aromatic heterocycles. The highest BCUT2D eigenvalue weighted by molar-refractivity contribution is 9.10. The second-order valence-corrected chi connectivity index (χ2v) is 5.13. The van der Waals surface area contributed by atoms with Crippen LogP contribution in [0.3, 0.4) is 0 Å². The molecule has 3 heterocycles. The van der Waals surface area contributed by atoms with Gasteiger partial charge in [0.2, 0.25) is 11.9 Å². The van der Waals surface area contributed by atoms with Crippen LogP contribution in [-0.2, 0) is 4.74 Å². The molecule has 1 aliphatic rings. The molecule has 0 bridgehead atoms. The maximum Gasteiger partial charge on any atom is 0.257 e. The number of halogens is 1. The smallest absolute Gasteiger partial charge is 0.257 e. The number of hydrogen-bond acceptors (Lipinski definition) is 7. The summed E-state index contributed by atoms with van der Waals surface area (Å²) in [5.74, 6) is 1.63. The molecule has 1 saturated heterocycles. The van der Waals surface area contributed by atoms with Crippen LogP contribution < -0.4 is 10.2 Å². The summed E-state index contributed by atoms with van der Waals surface area (Å²) < 4.78 is 7.82. The molecule has 2 aromatic rings. The number of nitrogens with one attached hydrogen (secondary N) is 1. The maximum absolute atomic E-state index is 5.34. The summed E-state index contributed by atoms with van der Waals surface area (Å²) in [6, 6.07) is 0. The minimum absolute atomic E-state index is 0.483. The highest BCUT2D eigenvalue weighted by atomic mass is 79.9. The SMILES string of the molecule is CNc1nc(N2CCOCC2)nc(-n2cc(Br)cn2)n1. The Morgan fingerprint density at radius 1 is 1.20 bits per heavy atom. The summed E-state index contributed by atoms with van der Waals surface area (Å²) in [5, 5.41) is 7.14. The van der Waals surface area contributed by atoms with Crippen molar-refractivity contribution < 1.29 is 4.74 Å². The maximum atomic E-state index is 5.34. The molecule has 1 fully saturated rings. The van der Waals surface area contributed by atoms with Crippen LogP contribution in [0, 0.1) is 0 Å². The Labute approximate surface area is 124 Å². The van der Waals surface area contributed by atoms with Gasteiger partial charge in [-0.3, -0.25) is 0 Å². The minimum atomic E-state index is 0.483. The van der Waals surface area contributed by atoms with Gasteiger partial charge in [0.1, 0.15) is 0 Å². The van der Waals surface area contributed by atoms with Crippen LogP contribution in [-0.4, -0.2) is 58.1 Å². The molecule has 20 heavy (non-hydrogen) atoms. The van der Waals surface area contributed by atoms with Gasteiger partial charge in [-0.15, -0.1) is 0 Å². The Morgan fingerprint density at radius 2 is 1.95 bits per heavy atom. The molecule has 0 unspecified atom stereocenters. The monoisotopic (exact) mass is 339 g/mol. The molecule has 0 radical (unpaired) electrons. The second kappa shape index (κ2) is 5.71. The van der Waals surface area contributed by atoms with Crippen molar-refractivity contribution in [3.63, 3.8) is 0 Å². The van der Waals surface area contributed by atoms with E-state index < -0.39 is 0 Å². The molecule has 106 valence electrons. The second-order valence-electron chi connectivity index (χ2n) is 4.21. The molecule has 1 aliphatic heterocycles. The van der Waals surface area contributed by atoms with Crippen molar-refractivity contribution in [1.82, 2.24) is 24.7 Å². The third-order valence-corrected chi connectivity index (χ3v) is 3.29. The van der Waals surface area contributed by atoms with Crippen molar-refractivity contribution in [3.8, 4) is 5.95 Å². The topological polar surface area (TPSA) is 81.0 Å². The quantitative estimate of drug-likeness (QED) is 0.881. The van der Waals surface area contributed by atoms with Gasteiger partial charge in [0.05, 0.1) is 23.9 Å². The number of anilines is 2. The molecular formula is C11H14BrN7O. The fourth-order valence-corrected chi connectivity index (χ4v) is 2.17. The highest BCUT2D eigenvalue weighted by Gasteiger charge is 2.17. The zero-order valence-corrected chi connectivity index (χ0v) is 12.5. The summed E-state index contributed by atoms with van der Waals surface area (Å²) in [5.41, 5.74) is 0. The standard InChI is InChI=1S/C11H14BrN7O/c1-13-9-15-10(18-2-4-20-5-3-18)17-11(16-9)19-7-8(12)6-14-19/h6-7H,2-5H2,1H3,(H,13,15,16,17). The Hall–Kier alpha value is -1.74. The first kappa shape index (κ1) is 13.3. The van der Waals surface area contributed by atoms with Crippen LogP contribution in [0.15, 0.2) is 16.9 Å². The van der Waals surface area contributed by atoms with Gasteiger partial charge in [-0.2, -0.15) is 20.1 Å². The molecule has 1 N–H and O–H groups in total. The van der Waals surface area contributed by atoms with Crippen molar-refractivity contribution >= 4 is 27.8 Å². The summed E-state index contributed by atoms with van der Waals surface area (Å²) >= 11 is 3.36. The molecule has 9 heteroatoms. The lowest BCUT2D eigenvalue weighted by Gasteiger charge is -2.26. The van der Waals surface area contributed by atoms with E-state index in [0.29, 0.717) is 31.1 Å². The van der Waals surface area contributed by atoms with E-state index in [1.165, 1.54) is 0 Å². The lowest BCUT2D eigenvalue weighted by Crippen LogP contribution is -2.37. The molecule has 0 amide bonds. The zero-order valence-electron chi connectivity index (χ0n) is 11.0. The third-order valence-electron chi connectivity index (χ3n) is 2.89. The predicted molar refractivity (Wildman–Crippen MR) is 77.2 cm³/mol. The Balaban J connectivity index is 1.97. The first-order chi connectivity index (χ1) is 9.76. The van der Waals surface area contributed by atoms with Gasteiger partial charge < -0.3 is 15.0 Å². The predicted octanol–water partition coefficient (Wildman–Crippen LogP) is 0.698. The average molecular weight is 340 g/mol. The number of rotatable bonds is 3. The van der Waals surface area contributed by atoms with E-state index in [4.69, 9.17) is 4.74 Å².